The number of hydrogen-bond acceptors (Lipinski definition) is 0. The molecule has 0 aromatic rings. The molecule has 0 aromatic heterocycles. The molecule has 0 spiro atoms. The van der Waals surface area contributed by atoms with Gasteiger partial charge >= 0.3 is 23.1 Å². The summed E-state index contributed by atoms with van der Waals surface area (Å²) in [6.45, 7) is 1.91. The molecule has 0 nitrogen and oxygen atoms in total. The van der Waals surface area contributed by atoms with Crippen LogP contribution in [0.15, 0.2) is 0 Å². The summed E-state index contributed by atoms with van der Waals surface area (Å²) in [5.74, 6) is -17.8. The lowest BCUT2D eigenvalue weighted by Crippen LogP contribution is -2.60. The molecule has 0 bridgehead atoms. The van der Waals surface area contributed by atoms with Gasteiger partial charge in [0.2, 0.25) is 0 Å². The summed E-state index contributed by atoms with van der Waals surface area (Å²) in [5.41, 5.74) is 0. The van der Waals surface area contributed by atoms with E-state index < -0.39 is 36.0 Å². The summed E-state index contributed by atoms with van der Waals surface area (Å²) < 4.78 is 102. The maximum Gasteiger partial charge on any atom is 0.392 e. The number of halogens is 9. The summed E-state index contributed by atoms with van der Waals surface area (Å²) >= 11 is 3.84. The lowest BCUT2D eigenvalue weighted by molar-refractivity contribution is -0.349. The van der Waals surface area contributed by atoms with Gasteiger partial charge in [0.1, 0.15) is 0 Å². The summed E-state index contributed by atoms with van der Waals surface area (Å²) in [6.07, 6.45) is 0.972. The van der Waals surface area contributed by atoms with Crippen LogP contribution < -0.4 is 0 Å². The van der Waals surface area contributed by atoms with E-state index in [2.05, 4.69) is 11.6 Å². The topological polar surface area (TPSA) is 0 Å². The minimum Gasteiger partial charge on any atom is -0.200 e. The maximum atomic E-state index is 13.2. The molecule has 0 saturated carbocycles. The van der Waals surface area contributed by atoms with E-state index in [-0.39, 0.29) is 6.42 Å². The monoisotopic (exact) mass is 348 g/mol. The summed E-state index contributed by atoms with van der Waals surface area (Å²) in [6, 6.07) is 0. The molecule has 0 aliphatic heterocycles. The zero-order chi connectivity index (χ0) is 16.9. The van der Waals surface area contributed by atoms with Crippen LogP contribution in [-0.2, 0) is 0 Å². The van der Waals surface area contributed by atoms with Crippen molar-refractivity contribution in [2.75, 3.05) is 0 Å². The Labute approximate surface area is 122 Å². The van der Waals surface area contributed by atoms with Gasteiger partial charge in [0, 0.05) is 6.42 Å². The van der Waals surface area contributed by atoms with E-state index in [4.69, 9.17) is 0 Å². The second kappa shape index (κ2) is 7.33. The Hall–Kier alpha value is -0.270. The highest BCUT2D eigenvalue weighted by molar-refractivity contribution is 6.22. The zero-order valence-corrected chi connectivity index (χ0v) is 12.1. The average molecular weight is 349 g/mol. The van der Waals surface area contributed by atoms with Gasteiger partial charge in [-0.25, -0.2) is 0 Å². The molecule has 0 aliphatic carbocycles. The average Bonchev–Trinajstić information content (AvgIpc) is 2.31. The predicted octanol–water partition coefficient (Wildman–Crippen LogP) is 6.47. The first-order chi connectivity index (χ1) is 9.31. The Morgan fingerprint density at radius 3 is 1.52 bits per heavy atom. The predicted molar refractivity (Wildman–Crippen MR) is 63.6 cm³/mol. The van der Waals surface area contributed by atoms with Gasteiger partial charge in [-0.15, -0.1) is 0 Å². The number of rotatable bonds is 10. The molecule has 9 heteroatoms. The molecular formula is C12H17ClF8. The normalized spacial score (nSPS) is 14.6. The van der Waals surface area contributed by atoms with Crippen LogP contribution in [0.25, 0.3) is 0 Å². The van der Waals surface area contributed by atoms with Crippen molar-refractivity contribution in [3.8, 4) is 0 Å². The second-order valence-corrected chi connectivity index (χ2v) is 5.34. The third-order valence-electron chi connectivity index (χ3n) is 3.05. The number of unbranched alkanes of at least 4 members (excludes halogenated alkanes) is 5. The zero-order valence-electron chi connectivity index (χ0n) is 11.4. The lowest BCUT2D eigenvalue weighted by atomic mass is 9.98. The molecule has 0 unspecified atom stereocenters. The fourth-order valence-electron chi connectivity index (χ4n) is 1.69. The van der Waals surface area contributed by atoms with Crippen LogP contribution in [0.1, 0.15) is 51.9 Å². The van der Waals surface area contributed by atoms with Crippen LogP contribution in [0.4, 0.5) is 35.1 Å². The van der Waals surface area contributed by atoms with Gasteiger partial charge < -0.3 is 0 Å². The first-order valence-corrected chi connectivity index (χ1v) is 6.89. The van der Waals surface area contributed by atoms with Crippen LogP contribution in [0.3, 0.4) is 0 Å². The summed E-state index contributed by atoms with van der Waals surface area (Å²) in [7, 11) is 0. The molecule has 21 heavy (non-hydrogen) atoms. The van der Waals surface area contributed by atoms with Crippen molar-refractivity contribution in [2.45, 2.75) is 75.0 Å². The van der Waals surface area contributed by atoms with Gasteiger partial charge in [-0.2, -0.15) is 35.1 Å². The van der Waals surface area contributed by atoms with Crippen LogP contribution in [0, 0.1) is 0 Å². The van der Waals surface area contributed by atoms with Crippen molar-refractivity contribution in [1.29, 1.82) is 0 Å². The van der Waals surface area contributed by atoms with Crippen molar-refractivity contribution in [3.63, 3.8) is 0 Å². The second-order valence-electron chi connectivity index (χ2n) is 4.87. The molecule has 0 saturated heterocycles. The van der Waals surface area contributed by atoms with Gasteiger partial charge in [-0.1, -0.05) is 39.0 Å². The fraction of sp³-hybridized carbons (Fsp3) is 1.00. The molecular weight excluding hydrogens is 332 g/mol. The Balaban J connectivity index is 4.66. The molecule has 0 radical (unpaired) electrons. The Morgan fingerprint density at radius 1 is 0.667 bits per heavy atom. The van der Waals surface area contributed by atoms with Crippen LogP contribution >= 0.6 is 11.6 Å². The van der Waals surface area contributed by atoms with E-state index in [0.29, 0.717) is 12.8 Å². The molecule has 0 aromatic carbocycles. The minimum atomic E-state index is -6.34. The Morgan fingerprint density at radius 2 is 1.10 bits per heavy atom. The molecule has 0 N–H and O–H groups in total. The van der Waals surface area contributed by atoms with E-state index in [1.807, 2.05) is 6.92 Å². The van der Waals surface area contributed by atoms with E-state index in [0.717, 1.165) is 12.8 Å². The molecule has 0 fully saturated rings. The molecule has 128 valence electrons. The molecule has 0 heterocycles. The third-order valence-corrected chi connectivity index (χ3v) is 3.29. The first kappa shape index (κ1) is 20.7. The summed E-state index contributed by atoms with van der Waals surface area (Å²) in [5, 5.41) is -5.76. The quantitative estimate of drug-likeness (QED) is 0.241. The Bertz CT molecular complexity index is 311. The van der Waals surface area contributed by atoms with Crippen molar-refractivity contribution < 1.29 is 35.1 Å². The van der Waals surface area contributed by atoms with Crippen molar-refractivity contribution >= 4 is 11.6 Å². The molecule has 0 atom stereocenters. The van der Waals surface area contributed by atoms with Crippen LogP contribution in [0.5, 0.6) is 0 Å². The van der Waals surface area contributed by atoms with E-state index in [1.54, 1.807) is 0 Å². The molecule has 0 amide bonds. The SMILES string of the molecule is CCCCCCCCC(F)(F)C(F)(F)C(F)(F)C(F)(F)Cl. The van der Waals surface area contributed by atoms with E-state index in [1.165, 1.54) is 0 Å². The number of hydrogen-bond donors (Lipinski definition) is 0. The van der Waals surface area contributed by atoms with Crippen molar-refractivity contribution in [3.05, 3.63) is 0 Å². The van der Waals surface area contributed by atoms with Crippen LogP contribution in [-0.4, -0.2) is 23.1 Å². The van der Waals surface area contributed by atoms with Gasteiger partial charge in [-0.05, 0) is 18.0 Å². The van der Waals surface area contributed by atoms with Gasteiger partial charge in [-0.3, -0.25) is 0 Å². The van der Waals surface area contributed by atoms with Gasteiger partial charge in [0.25, 0.3) is 0 Å². The molecule has 0 aliphatic rings. The highest BCUT2D eigenvalue weighted by Crippen LogP contribution is 2.55. The van der Waals surface area contributed by atoms with Gasteiger partial charge in [0.05, 0.1) is 0 Å². The fourth-order valence-corrected chi connectivity index (χ4v) is 1.81. The molecule has 0 rings (SSSR count). The van der Waals surface area contributed by atoms with E-state index in [9.17, 15) is 35.1 Å². The third kappa shape index (κ3) is 4.86. The van der Waals surface area contributed by atoms with Gasteiger partial charge in [0.15, 0.2) is 0 Å². The largest absolute Gasteiger partial charge is 0.392 e. The maximum absolute atomic E-state index is 13.2. The smallest absolute Gasteiger partial charge is 0.200 e. The lowest BCUT2D eigenvalue weighted by Gasteiger charge is -2.34. The first-order valence-electron chi connectivity index (χ1n) is 6.51. The highest BCUT2D eigenvalue weighted by Gasteiger charge is 2.79. The van der Waals surface area contributed by atoms with Crippen molar-refractivity contribution in [2.24, 2.45) is 0 Å². The minimum absolute atomic E-state index is 0.133. The highest BCUT2D eigenvalue weighted by atomic mass is 35.5. The summed E-state index contributed by atoms with van der Waals surface area (Å²) in [4.78, 5) is 0. The van der Waals surface area contributed by atoms with E-state index >= 15 is 0 Å². The Kier molecular flexibility index (Phi) is 7.24. The van der Waals surface area contributed by atoms with Crippen LogP contribution in [0.2, 0.25) is 0 Å². The van der Waals surface area contributed by atoms with Crippen molar-refractivity contribution in [1.82, 2.24) is 0 Å². The standard InChI is InChI=1S/C12H17ClF8/c1-2-3-4-5-6-7-8-9(14,15)10(16,17)11(18,19)12(13,20)21/h2-8H2,1H3. The number of alkyl halides is 9.